The van der Waals surface area contributed by atoms with Gasteiger partial charge < -0.3 is 20.8 Å². The van der Waals surface area contributed by atoms with Crippen LogP contribution in [0.3, 0.4) is 0 Å². The van der Waals surface area contributed by atoms with E-state index in [-0.39, 0.29) is 6.04 Å². The molecule has 2 atom stereocenters. The van der Waals surface area contributed by atoms with Crippen LogP contribution in [0.4, 0.5) is 0 Å². The average molecular weight is 244 g/mol. The van der Waals surface area contributed by atoms with Gasteiger partial charge in [0.05, 0.1) is 5.92 Å². The Morgan fingerprint density at radius 1 is 1.12 bits per heavy atom. The van der Waals surface area contributed by atoms with Gasteiger partial charge in [-0.3, -0.25) is 14.4 Å². The lowest BCUT2D eigenvalue weighted by Crippen LogP contribution is -2.46. The lowest BCUT2D eigenvalue weighted by molar-refractivity contribution is -0.151. The number of hydrogen-bond donors (Lipinski definition) is 3. The first-order chi connectivity index (χ1) is 7.91. The van der Waals surface area contributed by atoms with Gasteiger partial charge in [-0.05, 0) is 12.8 Å². The number of aliphatic carboxylic acids is 2. The third-order valence-electron chi connectivity index (χ3n) is 2.85. The summed E-state index contributed by atoms with van der Waals surface area (Å²) < 4.78 is 0. The number of carbonyl (C=O) groups is 3. The molecule has 4 N–H and O–H groups in total. The fourth-order valence-electron chi connectivity index (χ4n) is 2.07. The van der Waals surface area contributed by atoms with Crippen molar-refractivity contribution in [3.63, 3.8) is 0 Å². The second kappa shape index (κ2) is 5.62. The Bertz CT molecular complexity index is 315. The van der Waals surface area contributed by atoms with E-state index < -0.39 is 36.9 Å². The summed E-state index contributed by atoms with van der Waals surface area (Å²) >= 11 is 0. The van der Waals surface area contributed by atoms with Gasteiger partial charge in [0.1, 0.15) is 13.1 Å². The van der Waals surface area contributed by atoms with Gasteiger partial charge in [-0.2, -0.15) is 0 Å². The summed E-state index contributed by atoms with van der Waals surface area (Å²) in [6, 6.07) is -0.299. The monoisotopic (exact) mass is 244 g/mol. The van der Waals surface area contributed by atoms with Crippen molar-refractivity contribution in [2.24, 2.45) is 11.7 Å². The zero-order valence-corrected chi connectivity index (χ0v) is 9.33. The fraction of sp³-hybridized carbons (Fsp3) is 0.700. The van der Waals surface area contributed by atoms with Crippen molar-refractivity contribution >= 4 is 17.8 Å². The maximum atomic E-state index is 11.9. The maximum absolute atomic E-state index is 11.9. The Labute approximate surface area is 98.2 Å². The van der Waals surface area contributed by atoms with E-state index in [1.807, 2.05) is 0 Å². The molecule has 0 bridgehead atoms. The number of carboxylic acid groups (broad SMARTS) is 2. The molecule has 1 rings (SSSR count). The summed E-state index contributed by atoms with van der Waals surface area (Å²) in [4.78, 5) is 33.9. The molecular formula is C10H16N2O5. The van der Waals surface area contributed by atoms with Crippen molar-refractivity contribution < 1.29 is 24.6 Å². The number of hydrogen-bond acceptors (Lipinski definition) is 4. The molecule has 0 aliphatic heterocycles. The van der Waals surface area contributed by atoms with E-state index in [2.05, 4.69) is 0 Å². The zero-order valence-electron chi connectivity index (χ0n) is 9.33. The molecule has 1 saturated carbocycles. The molecular weight excluding hydrogens is 228 g/mol. The highest BCUT2D eigenvalue weighted by Crippen LogP contribution is 2.25. The largest absolute Gasteiger partial charge is 0.480 e. The Morgan fingerprint density at radius 3 is 2.00 bits per heavy atom. The zero-order chi connectivity index (χ0) is 13.0. The van der Waals surface area contributed by atoms with Gasteiger partial charge in [0.25, 0.3) is 0 Å². The number of rotatable bonds is 5. The Kier molecular flexibility index (Phi) is 4.45. The van der Waals surface area contributed by atoms with Gasteiger partial charge in [0.15, 0.2) is 0 Å². The highest BCUT2D eigenvalue weighted by molar-refractivity contribution is 5.87. The highest BCUT2D eigenvalue weighted by atomic mass is 16.4. The van der Waals surface area contributed by atoms with E-state index in [4.69, 9.17) is 15.9 Å². The molecule has 2 unspecified atom stereocenters. The molecule has 0 saturated heterocycles. The molecule has 7 nitrogen and oxygen atoms in total. The van der Waals surface area contributed by atoms with Crippen LogP contribution in [0.15, 0.2) is 0 Å². The predicted molar refractivity (Wildman–Crippen MR) is 57.2 cm³/mol. The smallest absolute Gasteiger partial charge is 0.323 e. The van der Waals surface area contributed by atoms with Crippen molar-refractivity contribution in [2.45, 2.75) is 25.3 Å². The maximum Gasteiger partial charge on any atom is 0.323 e. The first-order valence-electron chi connectivity index (χ1n) is 5.39. The van der Waals surface area contributed by atoms with Crippen molar-refractivity contribution in [3.8, 4) is 0 Å². The van der Waals surface area contributed by atoms with Crippen LogP contribution < -0.4 is 5.73 Å². The lowest BCUT2D eigenvalue weighted by Gasteiger charge is -2.24. The third kappa shape index (κ3) is 3.70. The molecule has 96 valence electrons. The van der Waals surface area contributed by atoms with Crippen LogP contribution in [0, 0.1) is 5.92 Å². The molecule has 0 heterocycles. The Hall–Kier alpha value is -1.63. The van der Waals surface area contributed by atoms with Crippen molar-refractivity contribution in [3.05, 3.63) is 0 Å². The van der Waals surface area contributed by atoms with Crippen LogP contribution in [0.5, 0.6) is 0 Å². The fourth-order valence-corrected chi connectivity index (χ4v) is 2.07. The second-order valence-electron chi connectivity index (χ2n) is 4.18. The minimum absolute atomic E-state index is 0.299. The number of nitrogens with zero attached hydrogens (tertiary/aromatic N) is 1. The standard InChI is InChI=1S/C10H16N2O5/c11-7-3-1-2-6(7)10(17)12(4-8(13)14)5-9(15)16/h6-7H,1-5,11H2,(H,13,14)(H,15,16). The first-order valence-corrected chi connectivity index (χ1v) is 5.39. The van der Waals surface area contributed by atoms with Gasteiger partial charge in [-0.25, -0.2) is 0 Å². The van der Waals surface area contributed by atoms with Crippen LogP contribution in [-0.2, 0) is 14.4 Å². The van der Waals surface area contributed by atoms with Crippen molar-refractivity contribution in [1.29, 1.82) is 0 Å². The number of carboxylic acids is 2. The minimum Gasteiger partial charge on any atom is -0.480 e. The van der Waals surface area contributed by atoms with E-state index in [0.717, 1.165) is 11.3 Å². The molecule has 0 spiro atoms. The van der Waals surface area contributed by atoms with E-state index in [1.54, 1.807) is 0 Å². The van der Waals surface area contributed by atoms with Crippen LogP contribution in [0.2, 0.25) is 0 Å². The van der Waals surface area contributed by atoms with Crippen molar-refractivity contribution in [2.75, 3.05) is 13.1 Å². The molecule has 1 amide bonds. The van der Waals surface area contributed by atoms with E-state index in [0.29, 0.717) is 12.8 Å². The molecule has 0 radical (unpaired) electrons. The van der Waals surface area contributed by atoms with Gasteiger partial charge >= 0.3 is 11.9 Å². The summed E-state index contributed by atoms with van der Waals surface area (Å²) in [5.41, 5.74) is 5.74. The first kappa shape index (κ1) is 13.4. The normalized spacial score (nSPS) is 23.4. The molecule has 0 aromatic heterocycles. The average Bonchev–Trinajstić information content (AvgIpc) is 2.61. The van der Waals surface area contributed by atoms with Crippen LogP contribution in [0.1, 0.15) is 19.3 Å². The van der Waals surface area contributed by atoms with Crippen LogP contribution in [-0.4, -0.2) is 52.1 Å². The minimum atomic E-state index is -1.23. The van der Waals surface area contributed by atoms with Gasteiger partial charge in [0.2, 0.25) is 5.91 Å². The molecule has 0 aromatic rings. The molecule has 1 aliphatic carbocycles. The summed E-state index contributed by atoms with van der Waals surface area (Å²) in [5, 5.41) is 17.3. The number of carbonyl (C=O) groups excluding carboxylic acids is 1. The van der Waals surface area contributed by atoms with E-state index in [1.165, 1.54) is 0 Å². The van der Waals surface area contributed by atoms with Crippen LogP contribution >= 0.6 is 0 Å². The van der Waals surface area contributed by atoms with Gasteiger partial charge in [0, 0.05) is 6.04 Å². The SMILES string of the molecule is NC1CCCC1C(=O)N(CC(=O)O)CC(=O)O. The van der Waals surface area contributed by atoms with Gasteiger partial charge in [-0.1, -0.05) is 6.42 Å². The van der Waals surface area contributed by atoms with E-state index >= 15 is 0 Å². The van der Waals surface area contributed by atoms with E-state index in [9.17, 15) is 14.4 Å². The number of amides is 1. The van der Waals surface area contributed by atoms with Gasteiger partial charge in [-0.15, -0.1) is 0 Å². The summed E-state index contributed by atoms with van der Waals surface area (Å²) in [7, 11) is 0. The van der Waals surface area contributed by atoms with Crippen LogP contribution in [0.25, 0.3) is 0 Å². The summed E-state index contributed by atoms with van der Waals surface area (Å²) in [5.74, 6) is -3.38. The Balaban J connectivity index is 2.70. The molecule has 0 aromatic carbocycles. The predicted octanol–water partition coefficient (Wildman–Crippen LogP) is -0.888. The number of nitrogens with two attached hydrogens (primary N) is 1. The summed E-state index contributed by atoms with van der Waals surface area (Å²) in [6.07, 6.45) is 2.12. The lowest BCUT2D eigenvalue weighted by atomic mass is 10.0. The Morgan fingerprint density at radius 2 is 1.65 bits per heavy atom. The topological polar surface area (TPSA) is 121 Å². The summed E-state index contributed by atoms with van der Waals surface area (Å²) in [6.45, 7) is -1.21. The molecule has 17 heavy (non-hydrogen) atoms. The quantitative estimate of drug-likeness (QED) is 0.577. The van der Waals surface area contributed by atoms with Crippen molar-refractivity contribution in [1.82, 2.24) is 4.90 Å². The molecule has 1 aliphatic rings. The highest BCUT2D eigenvalue weighted by Gasteiger charge is 2.34. The molecule has 1 fully saturated rings. The molecule has 7 heteroatoms. The second-order valence-corrected chi connectivity index (χ2v) is 4.18. The third-order valence-corrected chi connectivity index (χ3v) is 2.85.